The summed E-state index contributed by atoms with van der Waals surface area (Å²) in [5.74, 6) is 0. The van der Waals surface area contributed by atoms with E-state index >= 15 is 0 Å². The van der Waals surface area contributed by atoms with Gasteiger partial charge in [-0.1, -0.05) is 36.4 Å². The van der Waals surface area contributed by atoms with Gasteiger partial charge in [-0.2, -0.15) is 0 Å². The Balaban J connectivity index is 1.77. The van der Waals surface area contributed by atoms with Crippen LogP contribution < -0.4 is 15.1 Å². The van der Waals surface area contributed by atoms with Gasteiger partial charge in [0, 0.05) is 25.0 Å². The van der Waals surface area contributed by atoms with Gasteiger partial charge in [-0.15, -0.1) is 0 Å². The topological polar surface area (TPSA) is 48.5 Å². The normalized spacial score (nSPS) is 10.4. The van der Waals surface area contributed by atoms with Crippen LogP contribution >= 0.6 is 0 Å². The number of nitrogens with one attached hydrogen (secondary N) is 1. The number of amides is 2. The molecule has 0 aliphatic rings. The van der Waals surface area contributed by atoms with E-state index in [1.54, 1.807) is 11.1 Å². The lowest BCUT2D eigenvalue weighted by Crippen LogP contribution is -2.36. The zero-order valence-electron chi connectivity index (χ0n) is 16.4. The number of benzene rings is 2. The van der Waals surface area contributed by atoms with Crippen molar-refractivity contribution in [1.82, 2.24) is 10.3 Å². The zero-order valence-corrected chi connectivity index (χ0v) is 16.4. The fraction of sp³-hybridized carbons (Fsp3) is 0.217. The van der Waals surface area contributed by atoms with E-state index in [0.29, 0.717) is 6.54 Å². The van der Waals surface area contributed by atoms with Crippen LogP contribution in [0.15, 0.2) is 79.0 Å². The Kier molecular flexibility index (Phi) is 6.63. The van der Waals surface area contributed by atoms with Crippen molar-refractivity contribution >= 4 is 23.1 Å². The van der Waals surface area contributed by atoms with Gasteiger partial charge in [0.1, 0.15) is 0 Å². The van der Waals surface area contributed by atoms with Crippen LogP contribution in [0.2, 0.25) is 0 Å². The fourth-order valence-corrected chi connectivity index (χ4v) is 3.13. The van der Waals surface area contributed by atoms with E-state index < -0.39 is 0 Å². The first kappa shape index (κ1) is 19.4. The molecule has 0 fully saturated rings. The maximum absolute atomic E-state index is 13.0. The second-order valence-electron chi connectivity index (χ2n) is 6.34. The fourth-order valence-electron chi connectivity index (χ4n) is 3.13. The van der Waals surface area contributed by atoms with Gasteiger partial charge < -0.3 is 10.2 Å². The van der Waals surface area contributed by atoms with E-state index in [0.717, 1.165) is 35.8 Å². The Labute approximate surface area is 166 Å². The summed E-state index contributed by atoms with van der Waals surface area (Å²) in [7, 11) is 0. The monoisotopic (exact) mass is 374 g/mol. The van der Waals surface area contributed by atoms with Crippen LogP contribution in [0.5, 0.6) is 0 Å². The summed E-state index contributed by atoms with van der Waals surface area (Å²) in [5.41, 5.74) is 3.58. The van der Waals surface area contributed by atoms with Crippen molar-refractivity contribution in [2.24, 2.45) is 0 Å². The van der Waals surface area contributed by atoms with Crippen LogP contribution in [-0.4, -0.2) is 24.1 Å². The van der Waals surface area contributed by atoms with Crippen molar-refractivity contribution in [3.63, 3.8) is 0 Å². The van der Waals surface area contributed by atoms with E-state index in [-0.39, 0.29) is 6.03 Å². The molecule has 28 heavy (non-hydrogen) atoms. The first-order chi connectivity index (χ1) is 13.7. The number of hydrogen-bond acceptors (Lipinski definition) is 3. The van der Waals surface area contributed by atoms with Gasteiger partial charge in [-0.05, 0) is 50.2 Å². The molecule has 0 radical (unpaired) electrons. The number of anilines is 3. The van der Waals surface area contributed by atoms with Crippen LogP contribution in [0.4, 0.5) is 21.9 Å². The predicted octanol–water partition coefficient (Wildman–Crippen LogP) is 4.98. The van der Waals surface area contributed by atoms with Crippen molar-refractivity contribution in [2.75, 3.05) is 22.9 Å². The number of aromatic nitrogens is 1. The summed E-state index contributed by atoms with van der Waals surface area (Å²) in [6.07, 6.45) is 1.79. The molecule has 2 amide bonds. The second kappa shape index (κ2) is 9.55. The van der Waals surface area contributed by atoms with Crippen LogP contribution in [0.25, 0.3) is 0 Å². The molecule has 1 aromatic heterocycles. The van der Waals surface area contributed by atoms with Crippen molar-refractivity contribution in [3.8, 4) is 0 Å². The highest BCUT2D eigenvalue weighted by Gasteiger charge is 2.17. The number of para-hydroxylation sites is 2. The van der Waals surface area contributed by atoms with Crippen LogP contribution in [-0.2, 0) is 6.54 Å². The molecule has 3 rings (SSSR count). The molecule has 1 heterocycles. The quantitative estimate of drug-likeness (QED) is 0.635. The number of hydrogen-bond donors (Lipinski definition) is 1. The number of urea groups is 1. The van der Waals surface area contributed by atoms with E-state index in [2.05, 4.69) is 29.0 Å². The van der Waals surface area contributed by atoms with Crippen LogP contribution in [0.3, 0.4) is 0 Å². The molecule has 1 N–H and O–H groups in total. The van der Waals surface area contributed by atoms with Gasteiger partial charge in [0.15, 0.2) is 0 Å². The molecule has 0 unspecified atom stereocenters. The summed E-state index contributed by atoms with van der Waals surface area (Å²) in [5, 5.41) is 3.00. The smallest absolute Gasteiger partial charge is 0.326 e. The molecular formula is C23H26N4O. The van der Waals surface area contributed by atoms with Crippen LogP contribution in [0, 0.1) is 0 Å². The van der Waals surface area contributed by atoms with Gasteiger partial charge in [-0.3, -0.25) is 9.88 Å². The molecule has 0 atom stereocenters. The Hall–Kier alpha value is -3.34. The Bertz CT molecular complexity index is 840. The molecule has 5 heteroatoms. The largest absolute Gasteiger partial charge is 0.372 e. The number of nitrogens with zero attached hydrogens (tertiary/aromatic N) is 3. The van der Waals surface area contributed by atoms with Gasteiger partial charge >= 0.3 is 6.03 Å². The Morgan fingerprint density at radius 3 is 1.96 bits per heavy atom. The first-order valence-electron chi connectivity index (χ1n) is 9.60. The molecule has 0 saturated carbocycles. The SMILES string of the molecule is CCN(CC)c1ccnc(CNC(=O)N(c2ccccc2)c2ccccc2)c1. The average molecular weight is 374 g/mol. The van der Waals surface area contributed by atoms with Gasteiger partial charge in [0.25, 0.3) is 0 Å². The summed E-state index contributed by atoms with van der Waals surface area (Å²) in [6, 6.07) is 23.1. The molecule has 0 saturated heterocycles. The predicted molar refractivity (Wildman–Crippen MR) is 115 cm³/mol. The van der Waals surface area contributed by atoms with Crippen molar-refractivity contribution < 1.29 is 4.79 Å². The lowest BCUT2D eigenvalue weighted by molar-refractivity contribution is 0.248. The number of carbonyl (C=O) groups excluding carboxylic acids is 1. The Morgan fingerprint density at radius 2 is 1.43 bits per heavy atom. The van der Waals surface area contributed by atoms with E-state index in [4.69, 9.17) is 0 Å². The molecule has 0 aliphatic heterocycles. The lowest BCUT2D eigenvalue weighted by Gasteiger charge is -2.24. The van der Waals surface area contributed by atoms with Gasteiger partial charge in [0.2, 0.25) is 0 Å². The van der Waals surface area contributed by atoms with Crippen molar-refractivity contribution in [2.45, 2.75) is 20.4 Å². The summed E-state index contributed by atoms with van der Waals surface area (Å²) < 4.78 is 0. The molecule has 0 aliphatic carbocycles. The molecule has 5 nitrogen and oxygen atoms in total. The second-order valence-corrected chi connectivity index (χ2v) is 6.34. The van der Waals surface area contributed by atoms with E-state index in [1.807, 2.05) is 72.8 Å². The van der Waals surface area contributed by atoms with Crippen molar-refractivity contribution in [1.29, 1.82) is 0 Å². The standard InChI is InChI=1S/C23H26N4O/c1-3-26(4-2)22-15-16-24-19(17-22)18-25-23(28)27(20-11-7-5-8-12-20)21-13-9-6-10-14-21/h5-17H,3-4,18H2,1-2H3,(H,25,28). The van der Waals surface area contributed by atoms with Crippen molar-refractivity contribution in [3.05, 3.63) is 84.7 Å². The highest BCUT2D eigenvalue weighted by atomic mass is 16.2. The molecule has 144 valence electrons. The molecule has 0 spiro atoms. The minimum atomic E-state index is -0.188. The van der Waals surface area contributed by atoms with E-state index in [9.17, 15) is 4.79 Å². The third-order valence-electron chi connectivity index (χ3n) is 4.58. The molecular weight excluding hydrogens is 348 g/mol. The number of carbonyl (C=O) groups is 1. The lowest BCUT2D eigenvalue weighted by atomic mass is 10.2. The average Bonchev–Trinajstić information content (AvgIpc) is 2.75. The first-order valence-corrected chi connectivity index (χ1v) is 9.60. The summed E-state index contributed by atoms with van der Waals surface area (Å²) >= 11 is 0. The third kappa shape index (κ3) is 4.68. The third-order valence-corrected chi connectivity index (χ3v) is 4.58. The minimum absolute atomic E-state index is 0.188. The zero-order chi connectivity index (χ0) is 19.8. The summed E-state index contributed by atoms with van der Waals surface area (Å²) in [6.45, 7) is 6.49. The molecule has 3 aromatic rings. The van der Waals surface area contributed by atoms with E-state index in [1.165, 1.54) is 0 Å². The van der Waals surface area contributed by atoms with Gasteiger partial charge in [0.05, 0.1) is 23.6 Å². The maximum atomic E-state index is 13.0. The number of pyridine rings is 1. The van der Waals surface area contributed by atoms with Gasteiger partial charge in [-0.25, -0.2) is 4.79 Å². The Morgan fingerprint density at radius 1 is 0.857 bits per heavy atom. The summed E-state index contributed by atoms with van der Waals surface area (Å²) in [4.78, 5) is 21.4. The minimum Gasteiger partial charge on any atom is -0.372 e. The van der Waals surface area contributed by atoms with Crippen LogP contribution in [0.1, 0.15) is 19.5 Å². The molecule has 2 aromatic carbocycles. The highest BCUT2D eigenvalue weighted by molar-refractivity contribution is 5.99. The number of rotatable bonds is 7. The maximum Gasteiger partial charge on any atom is 0.326 e. The highest BCUT2D eigenvalue weighted by Crippen LogP contribution is 2.25. The molecule has 0 bridgehead atoms.